The molecule has 0 atom stereocenters. The van der Waals surface area contributed by atoms with Gasteiger partial charge in [-0.15, -0.1) is 0 Å². The number of ether oxygens (including phenoxy) is 3. The van der Waals surface area contributed by atoms with Gasteiger partial charge in [-0.05, 0) is 42.7 Å². The van der Waals surface area contributed by atoms with Crippen molar-refractivity contribution < 1.29 is 32.2 Å². The number of aromatic nitrogens is 3. The number of halogens is 3. The van der Waals surface area contributed by atoms with Crippen LogP contribution in [-0.2, 0) is 12.6 Å². The van der Waals surface area contributed by atoms with Gasteiger partial charge in [0.15, 0.2) is 22.8 Å². The minimum Gasteiger partial charge on any atom is -0.493 e. The van der Waals surface area contributed by atoms with Crippen molar-refractivity contribution >= 4 is 17.2 Å². The highest BCUT2D eigenvalue weighted by molar-refractivity contribution is 6.10. The number of rotatable bonds is 5. The van der Waals surface area contributed by atoms with Crippen molar-refractivity contribution in [1.82, 2.24) is 14.6 Å². The summed E-state index contributed by atoms with van der Waals surface area (Å²) in [6.45, 7) is 0.436. The van der Waals surface area contributed by atoms with Gasteiger partial charge in [0.25, 0.3) is 5.91 Å². The van der Waals surface area contributed by atoms with Crippen LogP contribution in [-0.4, -0.2) is 48.4 Å². The van der Waals surface area contributed by atoms with Crippen LogP contribution in [0.25, 0.3) is 16.9 Å². The molecular formula is C26H23F3N4O4. The second kappa shape index (κ2) is 9.30. The molecule has 37 heavy (non-hydrogen) atoms. The Morgan fingerprint density at radius 3 is 2.35 bits per heavy atom. The topological polar surface area (TPSA) is 78.2 Å². The first-order valence-corrected chi connectivity index (χ1v) is 11.4. The fraction of sp³-hybridized carbons (Fsp3) is 0.269. The molecular weight excluding hydrogens is 489 g/mol. The third-order valence-corrected chi connectivity index (χ3v) is 6.31. The van der Waals surface area contributed by atoms with Crippen molar-refractivity contribution in [3.05, 3.63) is 65.5 Å². The van der Waals surface area contributed by atoms with Crippen molar-refractivity contribution in [1.29, 1.82) is 0 Å². The molecule has 0 fully saturated rings. The first-order valence-electron chi connectivity index (χ1n) is 11.4. The van der Waals surface area contributed by atoms with E-state index in [2.05, 4.69) is 10.1 Å². The Labute approximate surface area is 210 Å². The average Bonchev–Trinajstić information content (AvgIpc) is 3.34. The zero-order chi connectivity index (χ0) is 26.3. The van der Waals surface area contributed by atoms with Crippen LogP contribution in [0.2, 0.25) is 0 Å². The molecule has 11 heteroatoms. The van der Waals surface area contributed by atoms with Gasteiger partial charge in [0, 0.05) is 17.8 Å². The normalized spacial score (nSPS) is 13.4. The molecule has 0 saturated heterocycles. The van der Waals surface area contributed by atoms with Gasteiger partial charge in [0.1, 0.15) is 5.56 Å². The summed E-state index contributed by atoms with van der Waals surface area (Å²) in [5.41, 5.74) is 0.677. The van der Waals surface area contributed by atoms with E-state index in [1.54, 1.807) is 4.90 Å². The third kappa shape index (κ3) is 4.20. The predicted molar refractivity (Wildman–Crippen MR) is 130 cm³/mol. The Balaban J connectivity index is 1.70. The maximum Gasteiger partial charge on any atom is 0.433 e. The van der Waals surface area contributed by atoms with Gasteiger partial charge >= 0.3 is 6.18 Å². The molecule has 0 N–H and O–H groups in total. The van der Waals surface area contributed by atoms with Crippen LogP contribution in [0.3, 0.4) is 0 Å². The van der Waals surface area contributed by atoms with Crippen LogP contribution in [0.4, 0.5) is 18.9 Å². The van der Waals surface area contributed by atoms with E-state index in [1.165, 1.54) is 33.5 Å². The minimum absolute atomic E-state index is 0.0310. The first kappa shape index (κ1) is 24.4. The van der Waals surface area contributed by atoms with Crippen molar-refractivity contribution in [3.63, 3.8) is 0 Å². The number of hydrogen-bond donors (Lipinski definition) is 0. The van der Waals surface area contributed by atoms with Gasteiger partial charge in [-0.1, -0.05) is 18.2 Å². The number of methoxy groups -OCH3 is 3. The highest BCUT2D eigenvalue weighted by Crippen LogP contribution is 2.42. The second-order valence-electron chi connectivity index (χ2n) is 8.42. The molecule has 4 aromatic rings. The summed E-state index contributed by atoms with van der Waals surface area (Å²) in [7, 11) is 4.24. The van der Waals surface area contributed by atoms with Gasteiger partial charge in [0.2, 0.25) is 5.75 Å². The molecule has 2 aromatic carbocycles. The van der Waals surface area contributed by atoms with Crippen LogP contribution in [0, 0.1) is 0 Å². The second-order valence-corrected chi connectivity index (χ2v) is 8.42. The Hall–Kier alpha value is -4.28. The highest BCUT2D eigenvalue weighted by Gasteiger charge is 2.37. The van der Waals surface area contributed by atoms with Crippen molar-refractivity contribution in [2.45, 2.75) is 19.0 Å². The van der Waals surface area contributed by atoms with Crippen LogP contribution in [0.5, 0.6) is 17.2 Å². The molecule has 0 radical (unpaired) electrons. The molecule has 5 rings (SSSR count). The summed E-state index contributed by atoms with van der Waals surface area (Å²) < 4.78 is 59.1. The lowest BCUT2D eigenvalue weighted by Gasteiger charge is -2.29. The SMILES string of the molecule is COc1cc(-c2cc(C(F)(F)F)n3ncc(C(=O)N4CCCc5ccccc54)c3n2)cc(OC)c1OC. The number of aryl methyl sites for hydroxylation is 1. The van der Waals surface area contributed by atoms with E-state index in [0.717, 1.165) is 36.4 Å². The fourth-order valence-corrected chi connectivity index (χ4v) is 4.58. The number of carbonyl (C=O) groups is 1. The Morgan fingerprint density at radius 2 is 1.70 bits per heavy atom. The van der Waals surface area contributed by atoms with E-state index in [9.17, 15) is 18.0 Å². The van der Waals surface area contributed by atoms with E-state index >= 15 is 0 Å². The van der Waals surface area contributed by atoms with Gasteiger partial charge in [-0.2, -0.15) is 18.3 Å². The maximum absolute atomic E-state index is 14.1. The van der Waals surface area contributed by atoms with E-state index in [-0.39, 0.29) is 39.7 Å². The number of amides is 1. The monoisotopic (exact) mass is 512 g/mol. The van der Waals surface area contributed by atoms with Crippen LogP contribution in [0.1, 0.15) is 28.0 Å². The largest absolute Gasteiger partial charge is 0.493 e. The standard InChI is InChI=1S/C26H23F3N4O4/c1-35-20-11-16(12-21(36-2)23(20)37-3)18-13-22(26(27,28)29)33-24(31-18)17(14-30-33)25(34)32-10-6-8-15-7-4-5-9-19(15)32/h4-5,7,9,11-14H,6,8,10H2,1-3H3. The first-order chi connectivity index (χ1) is 17.8. The molecule has 0 spiro atoms. The molecule has 192 valence electrons. The molecule has 1 aliphatic heterocycles. The summed E-state index contributed by atoms with van der Waals surface area (Å²) in [5, 5.41) is 3.90. The molecule has 1 aliphatic rings. The molecule has 0 bridgehead atoms. The van der Waals surface area contributed by atoms with E-state index in [0.29, 0.717) is 11.1 Å². The van der Waals surface area contributed by atoms with E-state index in [4.69, 9.17) is 14.2 Å². The quantitative estimate of drug-likeness (QED) is 0.373. The molecule has 0 aliphatic carbocycles. The van der Waals surface area contributed by atoms with Gasteiger partial charge < -0.3 is 19.1 Å². The molecule has 0 unspecified atom stereocenters. The van der Waals surface area contributed by atoms with Crippen LogP contribution >= 0.6 is 0 Å². The number of alkyl halides is 3. The fourth-order valence-electron chi connectivity index (χ4n) is 4.58. The van der Waals surface area contributed by atoms with Gasteiger partial charge in [-0.25, -0.2) is 9.50 Å². The maximum atomic E-state index is 14.1. The molecule has 1 amide bonds. The van der Waals surface area contributed by atoms with Crippen molar-refractivity contribution in [2.75, 3.05) is 32.8 Å². The predicted octanol–water partition coefficient (Wildman–Crippen LogP) is 5.03. The number of anilines is 1. The number of benzene rings is 2. The molecule has 3 heterocycles. The Morgan fingerprint density at radius 1 is 1.00 bits per heavy atom. The van der Waals surface area contributed by atoms with Crippen molar-refractivity contribution in [3.8, 4) is 28.5 Å². The van der Waals surface area contributed by atoms with E-state index in [1.807, 2.05) is 24.3 Å². The lowest BCUT2D eigenvalue weighted by atomic mass is 10.0. The Kier molecular flexibility index (Phi) is 6.14. The zero-order valence-electron chi connectivity index (χ0n) is 20.3. The lowest BCUT2D eigenvalue weighted by molar-refractivity contribution is -0.142. The summed E-state index contributed by atoms with van der Waals surface area (Å²) in [6.07, 6.45) is -2.08. The Bertz CT molecular complexity index is 1470. The van der Waals surface area contributed by atoms with Gasteiger partial charge in [0.05, 0.1) is 33.2 Å². The smallest absolute Gasteiger partial charge is 0.433 e. The number of para-hydroxylation sites is 1. The summed E-state index contributed by atoms with van der Waals surface area (Å²) in [4.78, 5) is 19.7. The van der Waals surface area contributed by atoms with E-state index < -0.39 is 17.8 Å². The molecule has 2 aromatic heterocycles. The summed E-state index contributed by atoms with van der Waals surface area (Å²) >= 11 is 0. The molecule has 0 saturated carbocycles. The third-order valence-electron chi connectivity index (χ3n) is 6.31. The lowest BCUT2D eigenvalue weighted by Crippen LogP contribution is -2.35. The minimum atomic E-state index is -4.76. The number of fused-ring (bicyclic) bond motifs is 2. The summed E-state index contributed by atoms with van der Waals surface area (Å²) in [6, 6.07) is 11.4. The number of hydrogen-bond acceptors (Lipinski definition) is 6. The molecule has 8 nitrogen and oxygen atoms in total. The zero-order valence-corrected chi connectivity index (χ0v) is 20.3. The number of carbonyl (C=O) groups excluding carboxylic acids is 1. The van der Waals surface area contributed by atoms with Crippen LogP contribution in [0.15, 0.2) is 48.7 Å². The summed E-state index contributed by atoms with van der Waals surface area (Å²) in [5.74, 6) is 0.322. The number of nitrogens with zero attached hydrogens (tertiary/aromatic N) is 4. The van der Waals surface area contributed by atoms with Gasteiger partial charge in [-0.3, -0.25) is 4.79 Å². The highest BCUT2D eigenvalue weighted by atomic mass is 19.4. The van der Waals surface area contributed by atoms with Crippen LogP contribution < -0.4 is 19.1 Å². The average molecular weight is 512 g/mol. The van der Waals surface area contributed by atoms with Crippen molar-refractivity contribution in [2.24, 2.45) is 0 Å².